The van der Waals surface area contributed by atoms with Crippen LogP contribution >= 0.6 is 0 Å². The predicted molar refractivity (Wildman–Crippen MR) is 85.7 cm³/mol. The van der Waals surface area contributed by atoms with E-state index in [9.17, 15) is 4.79 Å². The van der Waals surface area contributed by atoms with E-state index in [4.69, 9.17) is 0 Å². The zero-order chi connectivity index (χ0) is 14.8. The summed E-state index contributed by atoms with van der Waals surface area (Å²) in [6.07, 6.45) is 3.62. The summed E-state index contributed by atoms with van der Waals surface area (Å²) in [5.74, 6) is 0. The molecule has 4 nitrogen and oxygen atoms in total. The number of carbonyl (C=O) groups excluding carboxylic acids is 1. The Labute approximate surface area is 127 Å². The standard InChI is InChI=1S/C17H25N3O/c1-3-14-6-4-5-13(2)16(14)18-17(21)20-11-9-19(10-12-20)15-7-8-15/h4-6,15H,3,7-12H2,1-2H3,(H,18,21). The first-order valence-electron chi connectivity index (χ1n) is 8.07. The summed E-state index contributed by atoms with van der Waals surface area (Å²) in [6, 6.07) is 7.05. The second-order valence-electron chi connectivity index (χ2n) is 6.15. The highest BCUT2D eigenvalue weighted by Crippen LogP contribution is 2.27. The monoisotopic (exact) mass is 287 g/mol. The lowest BCUT2D eigenvalue weighted by atomic mass is 10.1. The largest absolute Gasteiger partial charge is 0.322 e. The van der Waals surface area contributed by atoms with E-state index in [0.29, 0.717) is 0 Å². The second-order valence-corrected chi connectivity index (χ2v) is 6.15. The van der Waals surface area contributed by atoms with Crippen LogP contribution in [-0.2, 0) is 6.42 Å². The van der Waals surface area contributed by atoms with Crippen molar-refractivity contribution in [2.45, 2.75) is 39.2 Å². The topological polar surface area (TPSA) is 35.6 Å². The lowest BCUT2D eigenvalue weighted by Crippen LogP contribution is -2.50. The van der Waals surface area contributed by atoms with Gasteiger partial charge in [0.05, 0.1) is 0 Å². The molecule has 0 radical (unpaired) electrons. The Balaban J connectivity index is 1.61. The molecular weight excluding hydrogens is 262 g/mol. The van der Waals surface area contributed by atoms with Gasteiger partial charge in [0.15, 0.2) is 0 Å². The molecule has 1 heterocycles. The van der Waals surface area contributed by atoms with Crippen molar-refractivity contribution in [2.24, 2.45) is 0 Å². The van der Waals surface area contributed by atoms with Crippen molar-refractivity contribution >= 4 is 11.7 Å². The van der Waals surface area contributed by atoms with E-state index in [1.807, 2.05) is 4.90 Å². The molecule has 1 N–H and O–H groups in total. The molecule has 114 valence electrons. The number of nitrogens with one attached hydrogen (secondary N) is 1. The van der Waals surface area contributed by atoms with Crippen LogP contribution in [0.25, 0.3) is 0 Å². The van der Waals surface area contributed by atoms with Crippen molar-refractivity contribution in [2.75, 3.05) is 31.5 Å². The maximum atomic E-state index is 12.5. The molecule has 0 unspecified atom stereocenters. The van der Waals surface area contributed by atoms with Crippen LogP contribution in [0, 0.1) is 6.92 Å². The minimum Gasteiger partial charge on any atom is -0.322 e. The van der Waals surface area contributed by atoms with Crippen molar-refractivity contribution in [1.29, 1.82) is 0 Å². The van der Waals surface area contributed by atoms with Crippen LogP contribution in [0.2, 0.25) is 0 Å². The maximum absolute atomic E-state index is 12.5. The molecule has 0 spiro atoms. The molecule has 2 aliphatic rings. The smallest absolute Gasteiger partial charge is 0.321 e. The fourth-order valence-electron chi connectivity index (χ4n) is 3.12. The van der Waals surface area contributed by atoms with Crippen LogP contribution in [0.4, 0.5) is 10.5 Å². The van der Waals surface area contributed by atoms with Crippen molar-refractivity contribution in [3.63, 3.8) is 0 Å². The third kappa shape index (κ3) is 3.21. The molecule has 1 saturated carbocycles. The number of piperazine rings is 1. The number of rotatable bonds is 3. The molecule has 1 saturated heterocycles. The molecule has 0 aromatic heterocycles. The molecule has 21 heavy (non-hydrogen) atoms. The van der Waals surface area contributed by atoms with Crippen LogP contribution in [0.1, 0.15) is 30.9 Å². The summed E-state index contributed by atoms with van der Waals surface area (Å²) in [7, 11) is 0. The van der Waals surface area contributed by atoms with Gasteiger partial charge in [-0.3, -0.25) is 4.90 Å². The van der Waals surface area contributed by atoms with E-state index >= 15 is 0 Å². The first-order chi connectivity index (χ1) is 10.2. The number of para-hydroxylation sites is 1. The van der Waals surface area contributed by atoms with Gasteiger partial charge in [-0.25, -0.2) is 4.79 Å². The van der Waals surface area contributed by atoms with Crippen molar-refractivity contribution < 1.29 is 4.79 Å². The van der Waals surface area contributed by atoms with E-state index in [1.165, 1.54) is 18.4 Å². The van der Waals surface area contributed by atoms with Crippen LogP contribution < -0.4 is 5.32 Å². The van der Waals surface area contributed by atoms with Crippen LogP contribution in [-0.4, -0.2) is 48.1 Å². The number of aryl methyl sites for hydroxylation is 2. The number of nitrogens with zero attached hydrogens (tertiary/aromatic N) is 2. The van der Waals surface area contributed by atoms with E-state index in [-0.39, 0.29) is 6.03 Å². The van der Waals surface area contributed by atoms with E-state index in [0.717, 1.165) is 49.9 Å². The van der Waals surface area contributed by atoms with Crippen LogP contribution in [0.5, 0.6) is 0 Å². The second kappa shape index (κ2) is 6.06. The average Bonchev–Trinajstić information content (AvgIpc) is 3.34. The number of benzene rings is 1. The highest BCUT2D eigenvalue weighted by Gasteiger charge is 2.32. The summed E-state index contributed by atoms with van der Waals surface area (Å²) in [5, 5.41) is 3.13. The highest BCUT2D eigenvalue weighted by atomic mass is 16.2. The van der Waals surface area contributed by atoms with Gasteiger partial charge >= 0.3 is 6.03 Å². The minimum atomic E-state index is 0.0504. The highest BCUT2D eigenvalue weighted by molar-refractivity contribution is 5.91. The van der Waals surface area contributed by atoms with Gasteiger partial charge in [0, 0.05) is 37.9 Å². The Morgan fingerprint density at radius 2 is 1.95 bits per heavy atom. The van der Waals surface area contributed by atoms with Crippen molar-refractivity contribution in [3.8, 4) is 0 Å². The van der Waals surface area contributed by atoms with E-state index in [2.05, 4.69) is 42.3 Å². The number of amides is 2. The number of anilines is 1. The summed E-state index contributed by atoms with van der Waals surface area (Å²) < 4.78 is 0. The van der Waals surface area contributed by atoms with Gasteiger partial charge in [-0.1, -0.05) is 25.1 Å². The van der Waals surface area contributed by atoms with E-state index < -0.39 is 0 Å². The number of carbonyl (C=O) groups is 1. The summed E-state index contributed by atoms with van der Waals surface area (Å²) in [6.45, 7) is 7.91. The zero-order valence-corrected chi connectivity index (χ0v) is 13.1. The molecule has 1 aromatic carbocycles. The predicted octanol–water partition coefficient (Wildman–Crippen LogP) is 2.87. The molecule has 1 aliphatic carbocycles. The Morgan fingerprint density at radius 3 is 2.57 bits per heavy atom. The third-order valence-electron chi connectivity index (χ3n) is 4.64. The molecule has 0 atom stereocenters. The van der Waals surface area contributed by atoms with Gasteiger partial charge in [-0.2, -0.15) is 0 Å². The Bertz CT molecular complexity index is 517. The molecule has 4 heteroatoms. The summed E-state index contributed by atoms with van der Waals surface area (Å²) >= 11 is 0. The fourth-order valence-corrected chi connectivity index (χ4v) is 3.12. The average molecular weight is 287 g/mol. The molecule has 2 amide bonds. The Hall–Kier alpha value is -1.55. The van der Waals surface area contributed by atoms with Gasteiger partial charge < -0.3 is 10.2 Å². The number of hydrogen-bond acceptors (Lipinski definition) is 2. The first kappa shape index (κ1) is 14.4. The molecule has 1 aromatic rings. The van der Waals surface area contributed by atoms with E-state index in [1.54, 1.807) is 0 Å². The number of hydrogen-bond donors (Lipinski definition) is 1. The molecule has 0 bridgehead atoms. The maximum Gasteiger partial charge on any atom is 0.321 e. The fraction of sp³-hybridized carbons (Fsp3) is 0.588. The molecule has 1 aliphatic heterocycles. The van der Waals surface area contributed by atoms with Crippen LogP contribution in [0.15, 0.2) is 18.2 Å². The quantitative estimate of drug-likeness (QED) is 0.928. The Kier molecular flexibility index (Phi) is 4.15. The Morgan fingerprint density at radius 1 is 1.24 bits per heavy atom. The van der Waals surface area contributed by atoms with Crippen molar-refractivity contribution in [1.82, 2.24) is 9.80 Å². The normalized spacial score (nSPS) is 19.6. The van der Waals surface area contributed by atoms with Crippen LogP contribution in [0.3, 0.4) is 0 Å². The minimum absolute atomic E-state index is 0.0504. The molecule has 2 fully saturated rings. The molecular formula is C17H25N3O. The SMILES string of the molecule is CCc1cccc(C)c1NC(=O)N1CCN(C2CC2)CC1. The van der Waals surface area contributed by atoms with Gasteiger partial charge in [-0.05, 0) is 37.3 Å². The zero-order valence-electron chi connectivity index (χ0n) is 13.1. The first-order valence-corrected chi connectivity index (χ1v) is 8.07. The van der Waals surface area contributed by atoms with Gasteiger partial charge in [-0.15, -0.1) is 0 Å². The number of urea groups is 1. The van der Waals surface area contributed by atoms with Crippen molar-refractivity contribution in [3.05, 3.63) is 29.3 Å². The summed E-state index contributed by atoms with van der Waals surface area (Å²) in [5.41, 5.74) is 3.34. The van der Waals surface area contributed by atoms with Gasteiger partial charge in [0.2, 0.25) is 0 Å². The van der Waals surface area contributed by atoms with Gasteiger partial charge in [0.25, 0.3) is 0 Å². The lowest BCUT2D eigenvalue weighted by Gasteiger charge is -2.35. The third-order valence-corrected chi connectivity index (χ3v) is 4.64. The molecule has 3 rings (SSSR count). The van der Waals surface area contributed by atoms with Gasteiger partial charge in [0.1, 0.15) is 0 Å². The summed E-state index contributed by atoms with van der Waals surface area (Å²) in [4.78, 5) is 16.9. The lowest BCUT2D eigenvalue weighted by molar-refractivity contribution is 0.142.